The maximum Gasteiger partial charge on any atom is 0.407 e. The van der Waals surface area contributed by atoms with Crippen LogP contribution in [-0.4, -0.2) is 23.2 Å². The van der Waals surface area contributed by atoms with Crippen LogP contribution < -0.4 is 5.32 Å². The molecule has 1 amide bonds. The Kier molecular flexibility index (Phi) is 7.39. The van der Waals surface area contributed by atoms with Crippen molar-refractivity contribution in [1.29, 1.82) is 0 Å². The fraction of sp³-hybridized carbons (Fsp3) is 0.524. The van der Waals surface area contributed by atoms with Crippen LogP contribution in [0.2, 0.25) is 0 Å². The Balaban J connectivity index is 1.89. The minimum atomic E-state index is -0.577. The number of fused-ring (bicyclic) bond motifs is 1. The van der Waals surface area contributed by atoms with Gasteiger partial charge in [-0.3, -0.25) is 0 Å². The van der Waals surface area contributed by atoms with Crippen LogP contribution in [0.15, 0.2) is 34.5 Å². The lowest BCUT2D eigenvalue weighted by atomic mass is 10.1. The molecular formula is C21H29FN2O3. The van der Waals surface area contributed by atoms with Crippen molar-refractivity contribution in [2.45, 2.75) is 65.4 Å². The zero-order valence-electron chi connectivity index (χ0n) is 16.6. The van der Waals surface area contributed by atoms with E-state index in [0.717, 1.165) is 41.8 Å². The summed E-state index contributed by atoms with van der Waals surface area (Å²) in [6.45, 7) is 7.61. The summed E-state index contributed by atoms with van der Waals surface area (Å²) < 4.78 is 24.1. The predicted molar refractivity (Wildman–Crippen MR) is 104 cm³/mol. The molecule has 1 aromatic heterocycles. The predicted octanol–water partition coefficient (Wildman–Crippen LogP) is 5.48. The fourth-order valence-electron chi connectivity index (χ4n) is 2.59. The highest BCUT2D eigenvalue weighted by atomic mass is 19.1. The van der Waals surface area contributed by atoms with E-state index < -0.39 is 11.7 Å². The van der Waals surface area contributed by atoms with E-state index in [2.05, 4.69) is 17.2 Å². The Morgan fingerprint density at radius 2 is 2.11 bits per heavy atom. The van der Waals surface area contributed by atoms with Crippen LogP contribution in [0.25, 0.3) is 11.1 Å². The molecule has 2 aromatic rings. The number of alkyl carbamates (subject to hydrolysis) is 1. The molecule has 0 unspecified atom stereocenters. The second-order valence-electron chi connectivity index (χ2n) is 7.64. The SMILES string of the molecule is CCCCc1nc2ccc(CCC(=CF)CNC(=O)OC(C)(C)C)cc2o1. The van der Waals surface area contributed by atoms with Crippen molar-refractivity contribution >= 4 is 17.2 Å². The van der Waals surface area contributed by atoms with E-state index in [4.69, 9.17) is 9.15 Å². The molecule has 1 N–H and O–H groups in total. The molecule has 0 atom stereocenters. The Hall–Kier alpha value is -2.37. The Bertz CT molecular complexity index is 790. The smallest absolute Gasteiger partial charge is 0.407 e. The number of carbonyl (C=O) groups is 1. The summed E-state index contributed by atoms with van der Waals surface area (Å²) in [5.41, 5.74) is 2.57. The number of unbranched alkanes of at least 4 members (excludes halogenated alkanes) is 1. The van der Waals surface area contributed by atoms with E-state index in [1.165, 1.54) is 0 Å². The molecule has 0 bridgehead atoms. The Morgan fingerprint density at radius 3 is 2.78 bits per heavy atom. The number of carbonyl (C=O) groups excluding carboxylic acids is 1. The summed E-state index contributed by atoms with van der Waals surface area (Å²) in [5, 5.41) is 2.58. The van der Waals surface area contributed by atoms with Gasteiger partial charge in [0.25, 0.3) is 0 Å². The average Bonchev–Trinajstić information content (AvgIpc) is 3.00. The number of nitrogens with zero attached hydrogens (tertiary/aromatic N) is 1. The molecule has 0 aliphatic carbocycles. The van der Waals surface area contributed by atoms with Crippen LogP contribution in [0.3, 0.4) is 0 Å². The molecular weight excluding hydrogens is 347 g/mol. The maximum absolute atomic E-state index is 13.1. The van der Waals surface area contributed by atoms with Gasteiger partial charge in [-0.25, -0.2) is 14.2 Å². The standard InChI is InChI=1S/C21H29FN2O3/c1-5-6-7-19-24-17-11-10-15(12-18(17)26-19)8-9-16(13-22)14-23-20(25)27-21(2,3)4/h10-13H,5-9,14H2,1-4H3,(H,23,25). The number of ether oxygens (including phenoxy) is 1. The number of aromatic nitrogens is 1. The molecule has 0 aliphatic rings. The van der Waals surface area contributed by atoms with E-state index in [9.17, 15) is 9.18 Å². The van der Waals surface area contributed by atoms with Crippen molar-refractivity contribution in [3.05, 3.63) is 41.6 Å². The first-order valence-corrected chi connectivity index (χ1v) is 9.44. The summed E-state index contributed by atoms with van der Waals surface area (Å²) >= 11 is 0. The molecule has 6 heteroatoms. The number of nitrogens with one attached hydrogen (secondary N) is 1. The first-order chi connectivity index (χ1) is 12.8. The van der Waals surface area contributed by atoms with Crippen LogP contribution in [0.1, 0.15) is 58.4 Å². The van der Waals surface area contributed by atoms with Crippen LogP contribution in [-0.2, 0) is 17.6 Å². The molecule has 5 nitrogen and oxygen atoms in total. The van der Waals surface area contributed by atoms with Gasteiger partial charge in [-0.1, -0.05) is 19.4 Å². The van der Waals surface area contributed by atoms with Gasteiger partial charge in [0.2, 0.25) is 0 Å². The largest absolute Gasteiger partial charge is 0.444 e. The van der Waals surface area contributed by atoms with Crippen molar-refractivity contribution in [1.82, 2.24) is 10.3 Å². The fourth-order valence-corrected chi connectivity index (χ4v) is 2.59. The highest BCUT2D eigenvalue weighted by Gasteiger charge is 2.16. The average molecular weight is 376 g/mol. The molecule has 0 saturated carbocycles. The van der Waals surface area contributed by atoms with Gasteiger partial charge >= 0.3 is 6.09 Å². The summed E-state index contributed by atoms with van der Waals surface area (Å²) in [6, 6.07) is 5.86. The van der Waals surface area contributed by atoms with E-state index in [-0.39, 0.29) is 6.54 Å². The Morgan fingerprint density at radius 1 is 1.33 bits per heavy atom. The topological polar surface area (TPSA) is 64.4 Å². The van der Waals surface area contributed by atoms with E-state index in [1.54, 1.807) is 20.8 Å². The third-order valence-electron chi connectivity index (χ3n) is 3.99. The van der Waals surface area contributed by atoms with Crippen molar-refractivity contribution < 1.29 is 18.3 Å². The molecule has 2 rings (SSSR count). The minimum absolute atomic E-state index is 0.122. The van der Waals surface area contributed by atoms with Gasteiger partial charge in [0.05, 0.1) is 6.33 Å². The van der Waals surface area contributed by atoms with Gasteiger partial charge in [0.1, 0.15) is 11.1 Å². The van der Waals surface area contributed by atoms with Crippen LogP contribution in [0.4, 0.5) is 9.18 Å². The Labute approximate surface area is 160 Å². The molecule has 1 heterocycles. The molecule has 148 valence electrons. The van der Waals surface area contributed by atoms with Gasteiger partial charge < -0.3 is 14.5 Å². The van der Waals surface area contributed by atoms with Gasteiger partial charge in [-0.15, -0.1) is 0 Å². The molecule has 0 fully saturated rings. The highest BCUT2D eigenvalue weighted by molar-refractivity contribution is 5.73. The second kappa shape index (κ2) is 9.53. The molecule has 0 spiro atoms. The monoisotopic (exact) mass is 376 g/mol. The number of hydrogen-bond acceptors (Lipinski definition) is 4. The summed E-state index contributed by atoms with van der Waals surface area (Å²) in [7, 11) is 0. The van der Waals surface area contributed by atoms with Crippen LogP contribution in [0.5, 0.6) is 0 Å². The maximum atomic E-state index is 13.1. The lowest BCUT2D eigenvalue weighted by Gasteiger charge is -2.20. The second-order valence-corrected chi connectivity index (χ2v) is 7.64. The number of amides is 1. The number of halogens is 1. The summed E-state index contributed by atoms with van der Waals surface area (Å²) in [4.78, 5) is 16.2. The lowest BCUT2D eigenvalue weighted by Crippen LogP contribution is -2.33. The summed E-state index contributed by atoms with van der Waals surface area (Å²) in [6.07, 6.45) is 4.12. The summed E-state index contributed by atoms with van der Waals surface area (Å²) in [5.74, 6) is 0.759. The number of rotatable bonds is 8. The minimum Gasteiger partial charge on any atom is -0.444 e. The molecule has 0 radical (unpaired) electrons. The van der Waals surface area contributed by atoms with Crippen LogP contribution >= 0.6 is 0 Å². The van der Waals surface area contributed by atoms with Crippen molar-refractivity contribution in [3.63, 3.8) is 0 Å². The number of oxazole rings is 1. The zero-order valence-corrected chi connectivity index (χ0v) is 16.6. The van der Waals surface area contributed by atoms with Gasteiger partial charge in [-0.05, 0) is 63.3 Å². The molecule has 27 heavy (non-hydrogen) atoms. The van der Waals surface area contributed by atoms with E-state index in [1.807, 2.05) is 18.2 Å². The molecule has 0 saturated heterocycles. The number of aryl methyl sites for hydroxylation is 2. The van der Waals surface area contributed by atoms with Crippen LogP contribution in [0, 0.1) is 0 Å². The van der Waals surface area contributed by atoms with E-state index >= 15 is 0 Å². The van der Waals surface area contributed by atoms with Gasteiger partial charge in [0.15, 0.2) is 11.5 Å². The zero-order chi connectivity index (χ0) is 19.9. The molecule has 1 aromatic carbocycles. The quantitative estimate of drug-likeness (QED) is 0.662. The first kappa shape index (κ1) is 20.9. The third-order valence-corrected chi connectivity index (χ3v) is 3.99. The first-order valence-electron chi connectivity index (χ1n) is 9.44. The highest BCUT2D eigenvalue weighted by Crippen LogP contribution is 2.20. The lowest BCUT2D eigenvalue weighted by molar-refractivity contribution is 0.0532. The van der Waals surface area contributed by atoms with Crippen molar-refractivity contribution in [2.24, 2.45) is 0 Å². The van der Waals surface area contributed by atoms with Gasteiger partial charge in [0, 0.05) is 13.0 Å². The van der Waals surface area contributed by atoms with Gasteiger partial charge in [-0.2, -0.15) is 0 Å². The number of hydrogen-bond donors (Lipinski definition) is 1. The number of benzene rings is 1. The third kappa shape index (κ3) is 7.04. The molecule has 0 aliphatic heterocycles. The normalized spacial score (nSPS) is 12.4. The van der Waals surface area contributed by atoms with Crippen molar-refractivity contribution in [2.75, 3.05) is 6.54 Å². The van der Waals surface area contributed by atoms with E-state index in [0.29, 0.717) is 24.7 Å². The van der Waals surface area contributed by atoms with Crippen molar-refractivity contribution in [3.8, 4) is 0 Å².